The second-order valence-corrected chi connectivity index (χ2v) is 4.71. The van der Waals surface area contributed by atoms with Crippen LogP contribution in [0.5, 0.6) is 11.5 Å². The number of pyridine rings is 1. The molecule has 0 bridgehead atoms. The second-order valence-electron chi connectivity index (χ2n) is 4.71. The van der Waals surface area contributed by atoms with E-state index in [0.29, 0.717) is 11.4 Å². The van der Waals surface area contributed by atoms with E-state index in [1.807, 2.05) is 19.9 Å². The van der Waals surface area contributed by atoms with Gasteiger partial charge in [-0.05, 0) is 31.5 Å². The number of carbonyl (C=O) groups excluding carboxylic acids is 1. The molecule has 110 valence electrons. The van der Waals surface area contributed by atoms with Crippen LogP contribution in [0, 0.1) is 0 Å². The lowest BCUT2D eigenvalue weighted by Crippen LogP contribution is -2.13. The summed E-state index contributed by atoms with van der Waals surface area (Å²) < 4.78 is 5.70. The monoisotopic (exact) mass is 286 g/mol. The standard InChI is InChI=1S/C16H18N2O3/c1-3-11(2)21-13-6-4-5-12(9-13)18-16(20)14-7-8-17-10-15(14)19/h4-11,19H,3H2,1-2H3,(H,18,20). The van der Waals surface area contributed by atoms with Crippen LogP contribution >= 0.6 is 0 Å². The Bertz CT molecular complexity index is 628. The number of nitrogens with zero attached hydrogens (tertiary/aromatic N) is 1. The molecule has 1 amide bonds. The van der Waals surface area contributed by atoms with E-state index in [1.165, 1.54) is 18.5 Å². The fraction of sp³-hybridized carbons (Fsp3) is 0.250. The molecule has 5 nitrogen and oxygen atoms in total. The lowest BCUT2D eigenvalue weighted by molar-refractivity contribution is 0.102. The molecule has 1 heterocycles. The van der Waals surface area contributed by atoms with Gasteiger partial charge in [-0.15, -0.1) is 0 Å². The SMILES string of the molecule is CCC(C)Oc1cccc(NC(=O)c2ccncc2O)c1. The minimum Gasteiger partial charge on any atom is -0.505 e. The molecule has 2 N–H and O–H groups in total. The van der Waals surface area contributed by atoms with Crippen LogP contribution in [0.1, 0.15) is 30.6 Å². The van der Waals surface area contributed by atoms with Crippen LogP contribution in [0.2, 0.25) is 0 Å². The third-order valence-electron chi connectivity index (χ3n) is 3.05. The number of anilines is 1. The van der Waals surface area contributed by atoms with Crippen molar-refractivity contribution < 1.29 is 14.6 Å². The van der Waals surface area contributed by atoms with Crippen molar-refractivity contribution in [2.24, 2.45) is 0 Å². The molecule has 0 saturated carbocycles. The molecule has 21 heavy (non-hydrogen) atoms. The quantitative estimate of drug-likeness (QED) is 0.885. The number of hydrogen-bond donors (Lipinski definition) is 2. The molecule has 5 heteroatoms. The molecule has 2 aromatic rings. The highest BCUT2D eigenvalue weighted by atomic mass is 16.5. The molecule has 0 spiro atoms. The molecule has 1 aromatic carbocycles. The van der Waals surface area contributed by atoms with Gasteiger partial charge in [-0.3, -0.25) is 9.78 Å². The molecule has 0 fully saturated rings. The minimum atomic E-state index is -0.393. The molecular weight excluding hydrogens is 268 g/mol. The zero-order chi connectivity index (χ0) is 15.2. The van der Waals surface area contributed by atoms with Gasteiger partial charge in [-0.25, -0.2) is 0 Å². The van der Waals surface area contributed by atoms with E-state index in [9.17, 15) is 9.90 Å². The summed E-state index contributed by atoms with van der Waals surface area (Å²) in [7, 11) is 0. The zero-order valence-electron chi connectivity index (χ0n) is 12.0. The Hall–Kier alpha value is -2.56. The molecule has 0 aliphatic rings. The molecule has 1 aromatic heterocycles. The fourth-order valence-electron chi connectivity index (χ4n) is 1.74. The zero-order valence-corrected chi connectivity index (χ0v) is 12.0. The highest BCUT2D eigenvalue weighted by Gasteiger charge is 2.11. The summed E-state index contributed by atoms with van der Waals surface area (Å²) in [4.78, 5) is 15.8. The van der Waals surface area contributed by atoms with Crippen molar-refractivity contribution in [2.75, 3.05) is 5.32 Å². The van der Waals surface area contributed by atoms with Gasteiger partial charge in [0.2, 0.25) is 0 Å². The average molecular weight is 286 g/mol. The third kappa shape index (κ3) is 3.95. The van der Waals surface area contributed by atoms with Gasteiger partial charge < -0.3 is 15.2 Å². The largest absolute Gasteiger partial charge is 0.505 e. The van der Waals surface area contributed by atoms with E-state index in [-0.39, 0.29) is 17.4 Å². The average Bonchev–Trinajstić information content (AvgIpc) is 2.47. The van der Waals surface area contributed by atoms with E-state index in [2.05, 4.69) is 10.3 Å². The molecule has 0 radical (unpaired) electrons. The Balaban J connectivity index is 2.11. The van der Waals surface area contributed by atoms with Crippen LogP contribution < -0.4 is 10.1 Å². The predicted octanol–water partition coefficient (Wildman–Crippen LogP) is 3.22. The number of hydrogen-bond acceptors (Lipinski definition) is 4. The molecule has 0 aliphatic heterocycles. The second kappa shape index (κ2) is 6.74. The van der Waals surface area contributed by atoms with Gasteiger partial charge in [0, 0.05) is 18.0 Å². The van der Waals surface area contributed by atoms with Crippen LogP contribution in [0.25, 0.3) is 0 Å². The van der Waals surface area contributed by atoms with Crippen molar-refractivity contribution in [1.29, 1.82) is 0 Å². The topological polar surface area (TPSA) is 71.5 Å². The Morgan fingerprint density at radius 2 is 2.24 bits per heavy atom. The number of carbonyl (C=O) groups is 1. The van der Waals surface area contributed by atoms with Crippen molar-refractivity contribution in [2.45, 2.75) is 26.4 Å². The van der Waals surface area contributed by atoms with Gasteiger partial charge in [0.15, 0.2) is 0 Å². The van der Waals surface area contributed by atoms with E-state index < -0.39 is 5.91 Å². The van der Waals surface area contributed by atoms with Crippen LogP contribution in [-0.2, 0) is 0 Å². The number of aromatic hydroxyl groups is 1. The summed E-state index contributed by atoms with van der Waals surface area (Å²) in [5.74, 6) is 0.152. The predicted molar refractivity (Wildman–Crippen MR) is 80.7 cm³/mol. The van der Waals surface area contributed by atoms with Gasteiger partial charge >= 0.3 is 0 Å². The summed E-state index contributed by atoms with van der Waals surface area (Å²) in [5, 5.41) is 12.3. The van der Waals surface area contributed by atoms with E-state index in [4.69, 9.17) is 4.74 Å². The number of aromatic nitrogens is 1. The summed E-state index contributed by atoms with van der Waals surface area (Å²) in [5.41, 5.74) is 0.787. The Labute approximate surface area is 123 Å². The highest BCUT2D eigenvalue weighted by Crippen LogP contribution is 2.21. The number of rotatable bonds is 5. The Morgan fingerprint density at radius 3 is 2.95 bits per heavy atom. The van der Waals surface area contributed by atoms with Gasteiger partial charge in [-0.1, -0.05) is 13.0 Å². The summed E-state index contributed by atoms with van der Waals surface area (Å²) >= 11 is 0. The molecule has 1 atom stereocenters. The van der Waals surface area contributed by atoms with Gasteiger partial charge in [-0.2, -0.15) is 0 Å². The van der Waals surface area contributed by atoms with Gasteiger partial charge in [0.25, 0.3) is 5.91 Å². The van der Waals surface area contributed by atoms with Crippen LogP contribution in [0.15, 0.2) is 42.7 Å². The van der Waals surface area contributed by atoms with Crippen molar-refractivity contribution >= 4 is 11.6 Å². The molecular formula is C16H18N2O3. The fourth-order valence-corrected chi connectivity index (χ4v) is 1.74. The molecule has 2 rings (SSSR count). The van der Waals surface area contributed by atoms with Crippen molar-refractivity contribution in [3.8, 4) is 11.5 Å². The van der Waals surface area contributed by atoms with Crippen LogP contribution in [0.4, 0.5) is 5.69 Å². The Morgan fingerprint density at radius 1 is 1.43 bits per heavy atom. The molecule has 1 unspecified atom stereocenters. The van der Waals surface area contributed by atoms with E-state index in [1.54, 1.807) is 18.2 Å². The first-order chi connectivity index (χ1) is 10.1. The molecule has 0 saturated heterocycles. The first-order valence-corrected chi connectivity index (χ1v) is 6.81. The van der Waals surface area contributed by atoms with E-state index in [0.717, 1.165) is 6.42 Å². The maximum absolute atomic E-state index is 12.1. The summed E-state index contributed by atoms with van der Waals surface area (Å²) in [6, 6.07) is 8.62. The number of amides is 1. The van der Waals surface area contributed by atoms with Crippen molar-refractivity contribution in [3.05, 3.63) is 48.3 Å². The number of nitrogens with one attached hydrogen (secondary N) is 1. The highest BCUT2D eigenvalue weighted by molar-refractivity contribution is 6.06. The van der Waals surface area contributed by atoms with Crippen molar-refractivity contribution in [1.82, 2.24) is 4.98 Å². The van der Waals surface area contributed by atoms with Gasteiger partial charge in [0.05, 0.1) is 17.9 Å². The lowest BCUT2D eigenvalue weighted by Gasteiger charge is -2.13. The number of benzene rings is 1. The summed E-state index contributed by atoms with van der Waals surface area (Å²) in [6.45, 7) is 4.03. The molecule has 0 aliphatic carbocycles. The van der Waals surface area contributed by atoms with Crippen molar-refractivity contribution in [3.63, 3.8) is 0 Å². The summed E-state index contributed by atoms with van der Waals surface area (Å²) in [6.07, 6.45) is 3.70. The van der Waals surface area contributed by atoms with E-state index >= 15 is 0 Å². The first kappa shape index (κ1) is 14.8. The first-order valence-electron chi connectivity index (χ1n) is 6.81. The maximum Gasteiger partial charge on any atom is 0.259 e. The Kier molecular flexibility index (Phi) is 4.77. The van der Waals surface area contributed by atoms with Crippen LogP contribution in [0.3, 0.4) is 0 Å². The number of ether oxygens (including phenoxy) is 1. The third-order valence-corrected chi connectivity index (χ3v) is 3.05. The minimum absolute atomic E-state index is 0.111. The normalized spacial score (nSPS) is 11.7. The smallest absolute Gasteiger partial charge is 0.259 e. The van der Waals surface area contributed by atoms with Crippen LogP contribution in [-0.4, -0.2) is 22.1 Å². The lowest BCUT2D eigenvalue weighted by atomic mass is 10.2. The van der Waals surface area contributed by atoms with Gasteiger partial charge in [0.1, 0.15) is 11.5 Å². The maximum atomic E-state index is 12.1.